The van der Waals surface area contributed by atoms with Crippen LogP contribution >= 0.6 is 0 Å². The number of nitrogens with one attached hydrogen (secondary N) is 2. The van der Waals surface area contributed by atoms with Gasteiger partial charge in [-0.3, -0.25) is 10.00 Å². The van der Waals surface area contributed by atoms with Crippen LogP contribution in [0.15, 0.2) is 48.5 Å². The van der Waals surface area contributed by atoms with Gasteiger partial charge in [0, 0.05) is 49.2 Å². The Labute approximate surface area is 192 Å². The Balaban J connectivity index is 1.54. The van der Waals surface area contributed by atoms with E-state index < -0.39 is 5.82 Å². The van der Waals surface area contributed by atoms with Crippen molar-refractivity contribution in [3.63, 3.8) is 0 Å². The van der Waals surface area contributed by atoms with Gasteiger partial charge in [0.2, 0.25) is 0 Å². The molecular weight excluding hydrogens is 417 g/mol. The molecule has 1 atom stereocenters. The summed E-state index contributed by atoms with van der Waals surface area (Å²) in [6.07, 6.45) is 1.03. The van der Waals surface area contributed by atoms with Gasteiger partial charge in [-0.25, -0.2) is 9.37 Å². The van der Waals surface area contributed by atoms with Crippen molar-refractivity contribution in [1.29, 1.82) is 0 Å². The van der Waals surface area contributed by atoms with Crippen molar-refractivity contribution < 1.29 is 9.50 Å². The van der Waals surface area contributed by atoms with Gasteiger partial charge in [0.25, 0.3) is 0 Å². The summed E-state index contributed by atoms with van der Waals surface area (Å²) in [5, 5.41) is 21.5. The summed E-state index contributed by atoms with van der Waals surface area (Å²) in [7, 11) is 0. The molecule has 5 rings (SSSR count). The van der Waals surface area contributed by atoms with Crippen LogP contribution in [-0.4, -0.2) is 44.8 Å². The number of piperazine rings is 1. The van der Waals surface area contributed by atoms with Crippen molar-refractivity contribution in [3.8, 4) is 17.0 Å². The molecule has 1 unspecified atom stereocenters. The lowest BCUT2D eigenvalue weighted by atomic mass is 9.99. The molecule has 0 radical (unpaired) electrons. The van der Waals surface area contributed by atoms with Crippen LogP contribution in [0.4, 0.5) is 4.39 Å². The monoisotopic (exact) mass is 445 g/mol. The van der Waals surface area contributed by atoms with E-state index in [1.54, 1.807) is 6.07 Å². The Morgan fingerprint density at radius 1 is 1.15 bits per heavy atom. The molecule has 0 aliphatic carbocycles. The topological polar surface area (TPSA) is 77.1 Å². The molecule has 170 valence electrons. The van der Waals surface area contributed by atoms with Gasteiger partial charge in [0.15, 0.2) is 5.65 Å². The first kappa shape index (κ1) is 21.6. The van der Waals surface area contributed by atoms with Crippen LogP contribution in [0.25, 0.3) is 22.3 Å². The zero-order valence-electron chi connectivity index (χ0n) is 18.9. The summed E-state index contributed by atoms with van der Waals surface area (Å²) in [4.78, 5) is 7.10. The number of benzene rings is 2. The number of aromatic nitrogens is 3. The first-order valence-electron chi connectivity index (χ1n) is 11.4. The number of aromatic hydroxyl groups is 1. The van der Waals surface area contributed by atoms with Crippen LogP contribution in [0.2, 0.25) is 0 Å². The fourth-order valence-corrected chi connectivity index (χ4v) is 4.71. The average molecular weight is 446 g/mol. The van der Waals surface area contributed by atoms with E-state index in [9.17, 15) is 9.50 Å². The second kappa shape index (κ2) is 8.92. The molecule has 1 fully saturated rings. The van der Waals surface area contributed by atoms with E-state index in [-0.39, 0.29) is 11.8 Å². The van der Waals surface area contributed by atoms with Crippen molar-refractivity contribution >= 4 is 11.0 Å². The van der Waals surface area contributed by atoms with E-state index >= 15 is 0 Å². The fraction of sp³-hybridized carbons (Fsp3) is 0.308. The van der Waals surface area contributed by atoms with Gasteiger partial charge < -0.3 is 10.4 Å². The molecule has 2 aromatic heterocycles. The largest absolute Gasteiger partial charge is 0.508 e. The number of hydrogen-bond donors (Lipinski definition) is 3. The van der Waals surface area contributed by atoms with Gasteiger partial charge >= 0.3 is 0 Å². The first-order valence-corrected chi connectivity index (χ1v) is 11.4. The van der Waals surface area contributed by atoms with E-state index in [1.165, 1.54) is 17.2 Å². The third-order valence-corrected chi connectivity index (χ3v) is 6.52. The molecule has 4 aromatic rings. The van der Waals surface area contributed by atoms with Crippen molar-refractivity contribution in [2.75, 3.05) is 19.6 Å². The smallest absolute Gasteiger partial charge is 0.156 e. The number of aromatic amines is 1. The number of fused-ring (bicyclic) bond motifs is 1. The summed E-state index contributed by atoms with van der Waals surface area (Å²) in [6.45, 7) is 7.53. The summed E-state index contributed by atoms with van der Waals surface area (Å²) >= 11 is 0. The molecule has 1 saturated heterocycles. The molecule has 6 nitrogen and oxygen atoms in total. The van der Waals surface area contributed by atoms with Crippen LogP contribution in [0.1, 0.15) is 35.3 Å². The van der Waals surface area contributed by atoms with Crippen molar-refractivity contribution in [1.82, 2.24) is 25.4 Å². The third kappa shape index (κ3) is 4.21. The number of halogens is 1. The zero-order valence-corrected chi connectivity index (χ0v) is 18.9. The van der Waals surface area contributed by atoms with Gasteiger partial charge in [0.05, 0.1) is 11.4 Å². The van der Waals surface area contributed by atoms with E-state index in [1.807, 2.05) is 13.0 Å². The Bertz CT molecular complexity index is 1280. The summed E-state index contributed by atoms with van der Waals surface area (Å²) < 4.78 is 14.6. The lowest BCUT2D eigenvalue weighted by molar-refractivity contribution is 0.154. The minimum Gasteiger partial charge on any atom is -0.508 e. The molecule has 2 aromatic carbocycles. The van der Waals surface area contributed by atoms with Crippen LogP contribution in [0.3, 0.4) is 0 Å². The van der Waals surface area contributed by atoms with Crippen molar-refractivity contribution in [3.05, 3.63) is 76.7 Å². The number of phenols is 1. The molecule has 33 heavy (non-hydrogen) atoms. The Kier molecular flexibility index (Phi) is 5.83. The molecule has 1 aliphatic heterocycles. The first-order chi connectivity index (χ1) is 16.0. The normalized spacial score (nSPS) is 17.0. The van der Waals surface area contributed by atoms with Crippen LogP contribution in [-0.2, 0) is 13.0 Å². The maximum Gasteiger partial charge on any atom is 0.156 e. The molecule has 0 spiro atoms. The summed E-state index contributed by atoms with van der Waals surface area (Å²) in [5.41, 5.74) is 6.09. The van der Waals surface area contributed by atoms with Crippen molar-refractivity contribution in [2.24, 2.45) is 0 Å². The third-order valence-electron chi connectivity index (χ3n) is 6.52. The number of aryl methyl sites for hydroxylation is 2. The minimum atomic E-state index is -0.500. The minimum absolute atomic E-state index is 0.104. The average Bonchev–Trinajstić information content (AvgIpc) is 3.20. The van der Waals surface area contributed by atoms with Crippen LogP contribution < -0.4 is 5.32 Å². The maximum atomic E-state index is 14.6. The highest BCUT2D eigenvalue weighted by Gasteiger charge is 2.25. The Morgan fingerprint density at radius 2 is 1.97 bits per heavy atom. The molecule has 7 heteroatoms. The number of phenolic OH excluding ortho intramolecular Hbond substituents is 1. The highest BCUT2D eigenvalue weighted by molar-refractivity contribution is 5.84. The van der Waals surface area contributed by atoms with Gasteiger partial charge in [-0.1, -0.05) is 31.2 Å². The van der Waals surface area contributed by atoms with E-state index in [0.717, 1.165) is 48.8 Å². The summed E-state index contributed by atoms with van der Waals surface area (Å²) in [6, 6.07) is 15.2. The number of nitrogens with zero attached hydrogens (tertiary/aromatic N) is 3. The SMILES string of the molecule is CCc1ccc(C2CNCCN2Cc2cc(-c3ccc(O)cc3F)nc3[nH]nc(C)c23)cc1. The van der Waals surface area contributed by atoms with Crippen molar-refractivity contribution in [2.45, 2.75) is 32.9 Å². The molecule has 0 saturated carbocycles. The molecule has 0 bridgehead atoms. The van der Waals surface area contributed by atoms with Gasteiger partial charge in [-0.15, -0.1) is 0 Å². The predicted molar refractivity (Wildman–Crippen MR) is 128 cm³/mol. The molecule has 0 amide bonds. The summed E-state index contributed by atoms with van der Waals surface area (Å²) in [5.74, 6) is -0.604. The van der Waals surface area contributed by atoms with E-state index in [4.69, 9.17) is 0 Å². The number of rotatable bonds is 5. The standard InChI is InChI=1S/C26H28FN5O/c1-3-17-4-6-18(7-5-17)24-14-28-10-11-32(24)15-19-12-23(21-9-8-20(33)13-22(21)27)29-26-25(19)16(2)30-31-26/h4-9,12-13,24,28,33H,3,10-11,14-15H2,1-2H3,(H,29,30,31). The van der Waals surface area contributed by atoms with Gasteiger partial charge in [-0.2, -0.15) is 5.10 Å². The molecule has 1 aliphatic rings. The van der Waals surface area contributed by atoms with Gasteiger partial charge in [0.1, 0.15) is 11.6 Å². The zero-order chi connectivity index (χ0) is 22.9. The predicted octanol–water partition coefficient (Wildman–Crippen LogP) is 4.49. The number of hydrogen-bond acceptors (Lipinski definition) is 5. The lowest BCUT2D eigenvalue weighted by Gasteiger charge is -2.37. The molecule has 3 heterocycles. The number of H-pyrrole nitrogens is 1. The molecule has 3 N–H and O–H groups in total. The Morgan fingerprint density at radius 3 is 2.73 bits per heavy atom. The quantitative estimate of drug-likeness (QED) is 0.422. The van der Waals surface area contributed by atoms with E-state index in [0.29, 0.717) is 23.4 Å². The molecular formula is C26H28FN5O. The second-order valence-electron chi connectivity index (χ2n) is 8.65. The number of pyridine rings is 1. The van der Waals surface area contributed by atoms with E-state index in [2.05, 4.69) is 56.6 Å². The maximum absolute atomic E-state index is 14.6. The highest BCUT2D eigenvalue weighted by Crippen LogP contribution is 2.32. The second-order valence-corrected chi connectivity index (χ2v) is 8.65. The Hall–Kier alpha value is -3.29. The lowest BCUT2D eigenvalue weighted by Crippen LogP contribution is -2.45. The fourth-order valence-electron chi connectivity index (χ4n) is 4.71. The van der Waals surface area contributed by atoms with Crippen LogP contribution in [0, 0.1) is 12.7 Å². The van der Waals surface area contributed by atoms with Gasteiger partial charge in [-0.05, 0) is 48.2 Å². The van der Waals surface area contributed by atoms with Crippen LogP contribution in [0.5, 0.6) is 5.75 Å². The highest BCUT2D eigenvalue weighted by atomic mass is 19.1.